The average Bonchev–Trinajstić information content (AvgIpc) is 2.73. The Morgan fingerprint density at radius 1 is 1.07 bits per heavy atom. The number of piperidine rings is 1. The van der Waals surface area contributed by atoms with E-state index in [1.807, 2.05) is 42.5 Å². The largest absolute Gasteiger partial charge is 0.497 e. The number of methoxy groups -OCH3 is 1. The molecule has 1 saturated heterocycles. The molecule has 0 unspecified atom stereocenters. The Kier molecular flexibility index (Phi) is 7.03. The molecule has 1 amide bonds. The quantitative estimate of drug-likeness (QED) is 0.587. The van der Waals surface area contributed by atoms with E-state index >= 15 is 0 Å². The van der Waals surface area contributed by atoms with E-state index in [4.69, 9.17) is 17.0 Å². The molecule has 0 bridgehead atoms. The molecule has 0 atom stereocenters. The first kappa shape index (κ1) is 19.9. The number of hydrogen-bond acceptors (Lipinski definition) is 4. The first-order chi connectivity index (χ1) is 13.7. The summed E-state index contributed by atoms with van der Waals surface area (Å²) < 4.78 is 5.13. The van der Waals surface area contributed by atoms with Gasteiger partial charge in [0.05, 0.1) is 18.5 Å². The number of para-hydroxylation sites is 2. The van der Waals surface area contributed by atoms with Gasteiger partial charge in [0, 0.05) is 19.2 Å². The van der Waals surface area contributed by atoms with Gasteiger partial charge in [-0.15, -0.1) is 0 Å². The lowest BCUT2D eigenvalue weighted by Gasteiger charge is -2.30. The first-order valence-corrected chi connectivity index (χ1v) is 9.84. The Balaban J connectivity index is 1.57. The van der Waals surface area contributed by atoms with Gasteiger partial charge in [0.15, 0.2) is 5.11 Å². The monoisotopic (exact) mass is 395 g/mol. The van der Waals surface area contributed by atoms with E-state index in [1.54, 1.807) is 13.2 Å². The van der Waals surface area contributed by atoms with Crippen molar-refractivity contribution in [1.82, 2.24) is 5.32 Å². The summed E-state index contributed by atoms with van der Waals surface area (Å²) in [5.74, 6) is 0.503. The van der Waals surface area contributed by atoms with Crippen molar-refractivity contribution in [2.45, 2.75) is 19.3 Å². The molecule has 0 spiro atoms. The molecule has 0 aromatic heterocycles. The first-order valence-electron chi connectivity index (χ1n) is 9.44. The van der Waals surface area contributed by atoms with E-state index in [1.165, 1.54) is 25.3 Å². The topological polar surface area (TPSA) is 53.6 Å². The van der Waals surface area contributed by atoms with Gasteiger partial charge in [0.25, 0.3) is 0 Å². The van der Waals surface area contributed by atoms with Gasteiger partial charge in [-0.3, -0.25) is 10.1 Å². The molecule has 6 heteroatoms. The van der Waals surface area contributed by atoms with Crippen LogP contribution in [-0.2, 0) is 4.79 Å². The van der Waals surface area contributed by atoms with Gasteiger partial charge in [-0.1, -0.05) is 24.3 Å². The molecule has 0 radical (unpaired) electrons. The number of carbonyl (C=O) groups is 1. The fourth-order valence-electron chi connectivity index (χ4n) is 3.18. The van der Waals surface area contributed by atoms with Gasteiger partial charge >= 0.3 is 0 Å². The summed E-state index contributed by atoms with van der Waals surface area (Å²) in [6.07, 6.45) is 6.88. The van der Waals surface area contributed by atoms with Crippen LogP contribution in [0.5, 0.6) is 5.75 Å². The van der Waals surface area contributed by atoms with Crippen LogP contribution in [0, 0.1) is 0 Å². The third kappa shape index (κ3) is 5.57. The zero-order chi connectivity index (χ0) is 19.8. The highest BCUT2D eigenvalue weighted by atomic mass is 32.1. The zero-order valence-corrected chi connectivity index (χ0v) is 16.8. The molecule has 0 saturated carbocycles. The molecule has 28 heavy (non-hydrogen) atoms. The molecule has 1 fully saturated rings. The maximum absolute atomic E-state index is 12.2. The van der Waals surface area contributed by atoms with Crippen LogP contribution < -0.4 is 20.3 Å². The van der Waals surface area contributed by atoms with E-state index in [9.17, 15) is 4.79 Å². The third-order valence-electron chi connectivity index (χ3n) is 4.63. The Morgan fingerprint density at radius 3 is 2.50 bits per heavy atom. The molecular formula is C22H25N3O2S. The highest BCUT2D eigenvalue weighted by Gasteiger charge is 2.14. The molecule has 3 rings (SSSR count). The van der Waals surface area contributed by atoms with Crippen molar-refractivity contribution in [3.8, 4) is 5.75 Å². The number of anilines is 2. The Morgan fingerprint density at radius 2 is 1.79 bits per heavy atom. The number of hydrogen-bond donors (Lipinski definition) is 2. The van der Waals surface area contributed by atoms with E-state index in [0.29, 0.717) is 0 Å². The average molecular weight is 396 g/mol. The molecule has 2 aromatic rings. The lowest BCUT2D eigenvalue weighted by Crippen LogP contribution is -2.34. The van der Waals surface area contributed by atoms with Crippen LogP contribution in [0.4, 0.5) is 11.4 Å². The third-order valence-corrected chi connectivity index (χ3v) is 4.83. The summed E-state index contributed by atoms with van der Waals surface area (Å²) in [6, 6.07) is 15.5. The van der Waals surface area contributed by atoms with Crippen molar-refractivity contribution in [3.63, 3.8) is 0 Å². The zero-order valence-electron chi connectivity index (χ0n) is 16.0. The minimum atomic E-state index is -0.274. The Labute approximate surface area is 171 Å². The van der Waals surface area contributed by atoms with Crippen LogP contribution in [0.25, 0.3) is 6.08 Å². The van der Waals surface area contributed by atoms with Crippen molar-refractivity contribution < 1.29 is 9.53 Å². The smallest absolute Gasteiger partial charge is 0.250 e. The molecule has 1 heterocycles. The van der Waals surface area contributed by atoms with Gasteiger partial charge in [-0.25, -0.2) is 0 Å². The second-order valence-corrected chi connectivity index (χ2v) is 7.02. The summed E-state index contributed by atoms with van der Waals surface area (Å²) in [4.78, 5) is 14.5. The Bertz CT molecular complexity index is 843. The SMILES string of the molecule is COc1ccc(/C=C/C(=O)NC(=S)Nc2ccccc2N2CCCCC2)cc1. The molecule has 1 aliphatic rings. The fourth-order valence-corrected chi connectivity index (χ4v) is 3.39. The number of nitrogens with zero attached hydrogens (tertiary/aromatic N) is 1. The van der Waals surface area contributed by atoms with Crippen LogP contribution >= 0.6 is 12.2 Å². The highest BCUT2D eigenvalue weighted by molar-refractivity contribution is 7.80. The van der Waals surface area contributed by atoms with E-state index in [0.717, 1.165) is 35.8 Å². The van der Waals surface area contributed by atoms with E-state index in [-0.39, 0.29) is 11.0 Å². The molecule has 2 N–H and O–H groups in total. The summed E-state index contributed by atoms with van der Waals surface area (Å²) in [6.45, 7) is 2.09. The maximum atomic E-state index is 12.2. The van der Waals surface area contributed by atoms with Gasteiger partial charge in [0.2, 0.25) is 5.91 Å². The van der Waals surface area contributed by atoms with Crippen molar-refractivity contribution in [2.24, 2.45) is 0 Å². The Hall–Kier alpha value is -2.86. The van der Waals surface area contributed by atoms with Crippen LogP contribution in [0.2, 0.25) is 0 Å². The second-order valence-electron chi connectivity index (χ2n) is 6.61. The standard InChI is InChI=1S/C22H25N3O2S/c1-27-18-12-9-17(10-13-18)11-14-21(26)24-22(28)23-19-7-3-4-8-20(19)25-15-5-2-6-16-25/h3-4,7-14H,2,5-6,15-16H2,1H3,(H2,23,24,26,28)/b14-11+. The predicted octanol–water partition coefficient (Wildman–Crippen LogP) is 4.21. The van der Waals surface area contributed by atoms with Crippen LogP contribution in [0.15, 0.2) is 54.6 Å². The lowest BCUT2D eigenvalue weighted by molar-refractivity contribution is -0.115. The molecule has 5 nitrogen and oxygen atoms in total. The van der Waals surface area contributed by atoms with Crippen LogP contribution in [0.1, 0.15) is 24.8 Å². The molecule has 0 aliphatic carbocycles. The highest BCUT2D eigenvalue weighted by Crippen LogP contribution is 2.28. The number of rotatable bonds is 5. The van der Waals surface area contributed by atoms with Crippen LogP contribution in [-0.4, -0.2) is 31.2 Å². The molecular weight excluding hydrogens is 370 g/mol. The van der Waals surface area contributed by atoms with Gasteiger partial charge < -0.3 is 15.0 Å². The minimum Gasteiger partial charge on any atom is -0.497 e. The molecule has 146 valence electrons. The van der Waals surface area contributed by atoms with Gasteiger partial charge in [-0.05, 0) is 67.4 Å². The van der Waals surface area contributed by atoms with Crippen LogP contribution in [0.3, 0.4) is 0 Å². The van der Waals surface area contributed by atoms with Gasteiger partial charge in [0.1, 0.15) is 5.75 Å². The predicted molar refractivity (Wildman–Crippen MR) is 119 cm³/mol. The number of ether oxygens (including phenoxy) is 1. The van der Waals surface area contributed by atoms with Crippen molar-refractivity contribution >= 4 is 40.7 Å². The number of carbonyl (C=O) groups excluding carboxylic acids is 1. The number of nitrogens with one attached hydrogen (secondary N) is 2. The summed E-state index contributed by atoms with van der Waals surface area (Å²) >= 11 is 5.33. The summed E-state index contributed by atoms with van der Waals surface area (Å²) in [7, 11) is 1.62. The number of benzene rings is 2. The molecule has 1 aliphatic heterocycles. The second kappa shape index (κ2) is 9.90. The normalized spacial score (nSPS) is 14.0. The van der Waals surface area contributed by atoms with Crippen molar-refractivity contribution in [3.05, 3.63) is 60.2 Å². The van der Waals surface area contributed by atoms with E-state index < -0.39 is 0 Å². The fraction of sp³-hybridized carbons (Fsp3) is 0.273. The number of amides is 1. The van der Waals surface area contributed by atoms with Crippen molar-refractivity contribution in [2.75, 3.05) is 30.4 Å². The van der Waals surface area contributed by atoms with Crippen molar-refractivity contribution in [1.29, 1.82) is 0 Å². The minimum absolute atomic E-state index is 0.274. The number of thiocarbonyl (C=S) groups is 1. The maximum Gasteiger partial charge on any atom is 0.250 e. The lowest BCUT2D eigenvalue weighted by atomic mass is 10.1. The summed E-state index contributed by atoms with van der Waals surface area (Å²) in [5, 5.41) is 6.15. The molecule has 2 aromatic carbocycles. The summed E-state index contributed by atoms with van der Waals surface area (Å²) in [5.41, 5.74) is 2.94. The van der Waals surface area contributed by atoms with E-state index in [2.05, 4.69) is 21.6 Å². The van der Waals surface area contributed by atoms with Gasteiger partial charge in [-0.2, -0.15) is 0 Å².